The third-order valence-electron chi connectivity index (χ3n) is 4.73. The molecule has 2 heterocycles. The highest BCUT2D eigenvalue weighted by molar-refractivity contribution is 9.10. The Balaban J connectivity index is 1.77. The Morgan fingerprint density at radius 1 is 1.25 bits per heavy atom. The Hall–Kier alpha value is -1.80. The van der Waals surface area contributed by atoms with Gasteiger partial charge in [0.25, 0.3) is 5.91 Å². The summed E-state index contributed by atoms with van der Waals surface area (Å²) in [5.41, 5.74) is 0.498. The van der Waals surface area contributed by atoms with E-state index in [0.717, 1.165) is 18.6 Å². The molecule has 0 bridgehead atoms. The van der Waals surface area contributed by atoms with Crippen molar-refractivity contribution in [2.75, 3.05) is 18.1 Å². The number of ether oxygens (including phenoxy) is 1. The fourth-order valence-corrected chi connectivity index (χ4v) is 5.26. The SMILES string of the molecule is CCCCOc1ccc(C(=O)N(Cc2ccc(Br)o2)C2CCS(=O)(=O)C2)cc1. The second kappa shape index (κ2) is 9.13. The second-order valence-corrected chi connectivity index (χ2v) is 9.93. The van der Waals surface area contributed by atoms with Crippen LogP contribution in [0, 0.1) is 0 Å². The van der Waals surface area contributed by atoms with Crippen LogP contribution < -0.4 is 4.74 Å². The van der Waals surface area contributed by atoms with Crippen LogP contribution in [0.25, 0.3) is 0 Å². The van der Waals surface area contributed by atoms with E-state index in [2.05, 4.69) is 22.9 Å². The molecule has 1 saturated heterocycles. The van der Waals surface area contributed by atoms with E-state index in [9.17, 15) is 13.2 Å². The molecule has 0 N–H and O–H groups in total. The summed E-state index contributed by atoms with van der Waals surface area (Å²) >= 11 is 3.26. The Bertz CT molecular complexity index is 907. The van der Waals surface area contributed by atoms with Gasteiger partial charge in [0.2, 0.25) is 0 Å². The Morgan fingerprint density at radius 3 is 2.57 bits per heavy atom. The number of rotatable bonds is 8. The number of amides is 1. The molecule has 28 heavy (non-hydrogen) atoms. The number of furan rings is 1. The molecule has 1 aliphatic heterocycles. The van der Waals surface area contributed by atoms with E-state index in [1.807, 2.05) is 0 Å². The normalized spacial score (nSPS) is 18.1. The lowest BCUT2D eigenvalue weighted by atomic mass is 10.1. The molecule has 1 amide bonds. The second-order valence-electron chi connectivity index (χ2n) is 6.92. The minimum Gasteiger partial charge on any atom is -0.494 e. The molecule has 1 fully saturated rings. The zero-order chi connectivity index (χ0) is 20.1. The number of benzene rings is 1. The molecule has 1 atom stereocenters. The number of unbranched alkanes of at least 4 members (excludes halogenated alkanes) is 1. The average molecular weight is 470 g/mol. The first-order chi connectivity index (χ1) is 13.4. The summed E-state index contributed by atoms with van der Waals surface area (Å²) in [6.45, 7) is 2.96. The maximum Gasteiger partial charge on any atom is 0.254 e. The van der Waals surface area contributed by atoms with Crippen LogP contribution in [-0.2, 0) is 16.4 Å². The highest BCUT2D eigenvalue weighted by atomic mass is 79.9. The van der Waals surface area contributed by atoms with Crippen LogP contribution in [0.3, 0.4) is 0 Å². The van der Waals surface area contributed by atoms with Gasteiger partial charge in [-0.15, -0.1) is 0 Å². The van der Waals surface area contributed by atoms with Gasteiger partial charge in [0.05, 0.1) is 24.7 Å². The minimum absolute atomic E-state index is 0.0150. The van der Waals surface area contributed by atoms with Gasteiger partial charge in [0.1, 0.15) is 11.5 Å². The summed E-state index contributed by atoms with van der Waals surface area (Å²) in [4.78, 5) is 14.8. The van der Waals surface area contributed by atoms with E-state index in [1.165, 1.54) is 0 Å². The topological polar surface area (TPSA) is 76.8 Å². The molecule has 1 aromatic heterocycles. The predicted octanol–water partition coefficient (Wildman–Crippen LogP) is 4.05. The van der Waals surface area contributed by atoms with Gasteiger partial charge in [-0.1, -0.05) is 13.3 Å². The summed E-state index contributed by atoms with van der Waals surface area (Å²) in [6.07, 6.45) is 2.47. The molecular formula is C20H24BrNO5S. The number of nitrogens with zero attached hydrogens (tertiary/aromatic N) is 1. The first-order valence-electron chi connectivity index (χ1n) is 9.36. The van der Waals surface area contributed by atoms with Crippen molar-refractivity contribution in [3.8, 4) is 5.75 Å². The van der Waals surface area contributed by atoms with Crippen LogP contribution in [0.5, 0.6) is 5.75 Å². The zero-order valence-corrected chi connectivity index (χ0v) is 18.2. The molecule has 0 spiro atoms. The first kappa shape index (κ1) is 20.9. The van der Waals surface area contributed by atoms with Crippen LogP contribution in [-0.4, -0.2) is 43.4 Å². The Kier molecular flexibility index (Phi) is 6.82. The van der Waals surface area contributed by atoms with Crippen molar-refractivity contribution in [2.45, 2.75) is 38.8 Å². The largest absolute Gasteiger partial charge is 0.494 e. The van der Waals surface area contributed by atoms with Gasteiger partial charge in [0, 0.05) is 11.6 Å². The molecule has 0 radical (unpaired) electrons. The molecule has 3 rings (SSSR count). The number of hydrogen-bond donors (Lipinski definition) is 0. The lowest BCUT2D eigenvalue weighted by Crippen LogP contribution is -2.40. The summed E-state index contributed by atoms with van der Waals surface area (Å²) in [7, 11) is -3.12. The number of sulfone groups is 1. The average Bonchev–Trinajstić information content (AvgIpc) is 3.24. The van der Waals surface area contributed by atoms with Crippen LogP contribution in [0.15, 0.2) is 45.5 Å². The van der Waals surface area contributed by atoms with E-state index < -0.39 is 9.84 Å². The van der Waals surface area contributed by atoms with Crippen molar-refractivity contribution in [2.24, 2.45) is 0 Å². The van der Waals surface area contributed by atoms with E-state index in [-0.39, 0.29) is 30.0 Å². The van der Waals surface area contributed by atoms with Gasteiger partial charge in [-0.05, 0) is 65.2 Å². The van der Waals surface area contributed by atoms with E-state index in [4.69, 9.17) is 9.15 Å². The summed E-state index contributed by atoms with van der Waals surface area (Å²) in [5.74, 6) is 1.19. The molecule has 1 aliphatic rings. The van der Waals surface area contributed by atoms with Gasteiger partial charge >= 0.3 is 0 Å². The third-order valence-corrected chi connectivity index (χ3v) is 6.91. The lowest BCUT2D eigenvalue weighted by Gasteiger charge is -2.27. The standard InChI is InChI=1S/C20H24BrNO5S/c1-2-3-11-26-17-6-4-15(5-7-17)20(23)22(13-18-8-9-19(21)27-18)16-10-12-28(24,25)14-16/h4-9,16H,2-3,10-14H2,1H3. The van der Waals surface area contributed by atoms with Crippen molar-refractivity contribution < 1.29 is 22.4 Å². The van der Waals surface area contributed by atoms with E-state index in [1.54, 1.807) is 41.3 Å². The van der Waals surface area contributed by atoms with Gasteiger partial charge in [-0.2, -0.15) is 0 Å². The fraction of sp³-hybridized carbons (Fsp3) is 0.450. The Morgan fingerprint density at radius 2 is 2.00 bits per heavy atom. The first-order valence-corrected chi connectivity index (χ1v) is 12.0. The summed E-state index contributed by atoms with van der Waals surface area (Å²) in [5, 5.41) is 0. The molecule has 2 aromatic rings. The van der Waals surface area contributed by atoms with E-state index in [0.29, 0.717) is 29.0 Å². The predicted molar refractivity (Wildman–Crippen MR) is 110 cm³/mol. The van der Waals surface area contributed by atoms with Crippen LogP contribution in [0.1, 0.15) is 42.3 Å². The quantitative estimate of drug-likeness (QED) is 0.544. The lowest BCUT2D eigenvalue weighted by molar-refractivity contribution is 0.0665. The number of carbonyl (C=O) groups excluding carboxylic acids is 1. The number of carbonyl (C=O) groups is 1. The van der Waals surface area contributed by atoms with Crippen molar-refractivity contribution in [1.82, 2.24) is 4.90 Å². The molecule has 8 heteroatoms. The maximum absolute atomic E-state index is 13.2. The van der Waals surface area contributed by atoms with Crippen LogP contribution >= 0.6 is 15.9 Å². The zero-order valence-electron chi connectivity index (χ0n) is 15.8. The monoisotopic (exact) mass is 469 g/mol. The third kappa shape index (κ3) is 5.38. The molecule has 1 aromatic carbocycles. The van der Waals surface area contributed by atoms with Crippen LogP contribution in [0.4, 0.5) is 0 Å². The molecule has 6 nitrogen and oxygen atoms in total. The molecule has 0 saturated carbocycles. The van der Waals surface area contributed by atoms with Gasteiger partial charge < -0.3 is 14.1 Å². The highest BCUT2D eigenvalue weighted by Crippen LogP contribution is 2.25. The fourth-order valence-electron chi connectivity index (χ4n) is 3.19. The molecular weight excluding hydrogens is 446 g/mol. The van der Waals surface area contributed by atoms with Gasteiger partial charge in [-0.3, -0.25) is 4.79 Å². The van der Waals surface area contributed by atoms with Crippen LogP contribution in [0.2, 0.25) is 0 Å². The smallest absolute Gasteiger partial charge is 0.254 e. The minimum atomic E-state index is -3.12. The van der Waals surface area contributed by atoms with Crippen molar-refractivity contribution in [3.63, 3.8) is 0 Å². The van der Waals surface area contributed by atoms with Gasteiger partial charge in [-0.25, -0.2) is 8.42 Å². The summed E-state index contributed by atoms with van der Waals surface area (Å²) < 4.78 is 35.6. The maximum atomic E-state index is 13.2. The Labute approximate surface area is 173 Å². The van der Waals surface area contributed by atoms with Crippen molar-refractivity contribution in [1.29, 1.82) is 0 Å². The molecule has 0 aliphatic carbocycles. The van der Waals surface area contributed by atoms with Crippen molar-refractivity contribution in [3.05, 3.63) is 52.4 Å². The number of halogens is 1. The number of hydrogen-bond acceptors (Lipinski definition) is 5. The molecule has 152 valence electrons. The van der Waals surface area contributed by atoms with Crippen molar-refractivity contribution >= 4 is 31.7 Å². The summed E-state index contributed by atoms with van der Waals surface area (Å²) in [6, 6.07) is 10.2. The van der Waals surface area contributed by atoms with Gasteiger partial charge in [0.15, 0.2) is 14.5 Å². The van der Waals surface area contributed by atoms with E-state index >= 15 is 0 Å². The molecule has 1 unspecified atom stereocenters. The highest BCUT2D eigenvalue weighted by Gasteiger charge is 2.35.